The van der Waals surface area contributed by atoms with Crippen molar-refractivity contribution in [2.24, 2.45) is 0 Å². The van der Waals surface area contributed by atoms with Crippen LogP contribution in [-0.4, -0.2) is 45.3 Å². The second-order valence-electron chi connectivity index (χ2n) is 7.36. The largest absolute Gasteiger partial charge is 0.376 e. The molecular formula is C22H21N5O3S. The highest BCUT2D eigenvalue weighted by Gasteiger charge is 2.26. The minimum Gasteiger partial charge on any atom is -0.376 e. The summed E-state index contributed by atoms with van der Waals surface area (Å²) in [6.07, 6.45) is 5.98. The molecule has 158 valence electrons. The maximum Gasteiger partial charge on any atom is 0.229 e. The van der Waals surface area contributed by atoms with Gasteiger partial charge in [-0.1, -0.05) is 28.6 Å². The lowest BCUT2D eigenvalue weighted by Crippen LogP contribution is -2.37. The second kappa shape index (κ2) is 8.91. The Balaban J connectivity index is 1.31. The van der Waals surface area contributed by atoms with Gasteiger partial charge in [0, 0.05) is 37.4 Å². The number of aromatic nitrogens is 4. The molecule has 1 amide bonds. The van der Waals surface area contributed by atoms with E-state index < -0.39 is 0 Å². The van der Waals surface area contributed by atoms with Crippen molar-refractivity contribution in [2.75, 3.05) is 18.1 Å². The second-order valence-corrected chi connectivity index (χ2v) is 8.37. The molecule has 0 radical (unpaired) electrons. The van der Waals surface area contributed by atoms with Crippen molar-refractivity contribution in [1.29, 1.82) is 0 Å². The fourth-order valence-electron chi connectivity index (χ4n) is 3.57. The van der Waals surface area contributed by atoms with E-state index in [-0.39, 0.29) is 18.4 Å². The molecule has 0 N–H and O–H groups in total. The third-order valence-electron chi connectivity index (χ3n) is 5.17. The molecule has 1 aliphatic heterocycles. The quantitative estimate of drug-likeness (QED) is 0.435. The number of carbonyl (C=O) groups is 1. The fourth-order valence-corrected chi connectivity index (χ4v) is 4.56. The van der Waals surface area contributed by atoms with Crippen molar-refractivity contribution in [3.05, 3.63) is 54.7 Å². The topological polar surface area (TPSA) is 94.2 Å². The third kappa shape index (κ3) is 4.47. The zero-order valence-corrected chi connectivity index (χ0v) is 17.6. The Hall–Kier alpha value is -3.17. The molecule has 9 heteroatoms. The standard InChI is InChI=1S/C22H21N5O3S/c28-20(10-9-19-25-21(26-30-19)15-5-3-11-23-13-15)27(14-16-6-4-12-29-16)22-24-17-7-1-2-8-18(17)31-22/h1-3,5,7-8,11,13,16H,4,6,9-10,12,14H2. The first kappa shape index (κ1) is 19.8. The summed E-state index contributed by atoms with van der Waals surface area (Å²) in [5, 5.41) is 4.70. The van der Waals surface area contributed by atoms with Crippen LogP contribution < -0.4 is 4.90 Å². The average Bonchev–Trinajstić information content (AvgIpc) is 3.57. The predicted octanol–water partition coefficient (Wildman–Crippen LogP) is 3.89. The molecule has 31 heavy (non-hydrogen) atoms. The Morgan fingerprint density at radius 1 is 1.19 bits per heavy atom. The number of hydrogen-bond donors (Lipinski definition) is 0. The van der Waals surface area contributed by atoms with Gasteiger partial charge in [0.05, 0.1) is 22.9 Å². The van der Waals surface area contributed by atoms with E-state index >= 15 is 0 Å². The van der Waals surface area contributed by atoms with E-state index in [9.17, 15) is 4.79 Å². The number of benzene rings is 1. The molecule has 4 aromatic rings. The monoisotopic (exact) mass is 435 g/mol. The van der Waals surface area contributed by atoms with Gasteiger partial charge in [-0.25, -0.2) is 4.98 Å². The molecule has 0 saturated carbocycles. The van der Waals surface area contributed by atoms with Crippen molar-refractivity contribution < 1.29 is 14.1 Å². The summed E-state index contributed by atoms with van der Waals surface area (Å²) in [6.45, 7) is 1.25. The molecule has 4 heterocycles. The molecule has 0 bridgehead atoms. The number of pyridine rings is 1. The van der Waals surface area contributed by atoms with Crippen LogP contribution in [0.5, 0.6) is 0 Å². The highest BCUT2D eigenvalue weighted by atomic mass is 32.1. The first-order chi connectivity index (χ1) is 15.3. The van der Waals surface area contributed by atoms with Crippen LogP contribution >= 0.6 is 11.3 Å². The molecule has 1 aliphatic rings. The van der Waals surface area contributed by atoms with Gasteiger partial charge in [0.25, 0.3) is 0 Å². The van der Waals surface area contributed by atoms with Gasteiger partial charge in [0.1, 0.15) is 0 Å². The summed E-state index contributed by atoms with van der Waals surface area (Å²) in [5.74, 6) is 0.863. The highest BCUT2D eigenvalue weighted by molar-refractivity contribution is 7.22. The maximum atomic E-state index is 13.2. The van der Waals surface area contributed by atoms with Crippen LogP contribution in [0.1, 0.15) is 25.2 Å². The maximum absolute atomic E-state index is 13.2. The van der Waals surface area contributed by atoms with Gasteiger partial charge in [-0.3, -0.25) is 14.7 Å². The van der Waals surface area contributed by atoms with Crippen LogP contribution in [0.25, 0.3) is 21.6 Å². The number of ether oxygens (including phenoxy) is 1. The SMILES string of the molecule is O=C(CCc1nc(-c2cccnc2)no1)N(CC1CCCO1)c1nc2ccccc2s1. The Kier molecular flexibility index (Phi) is 5.68. The number of amides is 1. The van der Waals surface area contributed by atoms with E-state index in [1.54, 1.807) is 17.3 Å². The van der Waals surface area contributed by atoms with Gasteiger partial charge in [0.15, 0.2) is 5.13 Å². The van der Waals surface area contributed by atoms with Crippen LogP contribution in [0.3, 0.4) is 0 Å². The molecule has 0 spiro atoms. The van der Waals surface area contributed by atoms with Gasteiger partial charge in [-0.2, -0.15) is 4.98 Å². The molecule has 0 aliphatic carbocycles. The Morgan fingerprint density at radius 3 is 2.94 bits per heavy atom. The molecule has 5 rings (SSSR count). The molecule has 1 unspecified atom stereocenters. The van der Waals surface area contributed by atoms with Gasteiger partial charge in [0.2, 0.25) is 17.6 Å². The molecule has 1 saturated heterocycles. The zero-order chi connectivity index (χ0) is 21.0. The molecule has 3 aromatic heterocycles. The van der Waals surface area contributed by atoms with E-state index in [0.717, 1.165) is 35.2 Å². The normalized spacial score (nSPS) is 16.1. The number of nitrogens with zero attached hydrogens (tertiary/aromatic N) is 5. The van der Waals surface area contributed by atoms with Gasteiger partial charge < -0.3 is 9.26 Å². The smallest absolute Gasteiger partial charge is 0.229 e. The van der Waals surface area contributed by atoms with Crippen molar-refractivity contribution in [3.63, 3.8) is 0 Å². The summed E-state index contributed by atoms with van der Waals surface area (Å²) >= 11 is 1.52. The summed E-state index contributed by atoms with van der Waals surface area (Å²) in [7, 11) is 0. The molecular weight excluding hydrogens is 414 g/mol. The van der Waals surface area contributed by atoms with Crippen LogP contribution in [0.15, 0.2) is 53.3 Å². The number of carbonyl (C=O) groups excluding carboxylic acids is 1. The third-order valence-corrected chi connectivity index (χ3v) is 6.22. The van der Waals surface area contributed by atoms with E-state index in [0.29, 0.717) is 29.8 Å². The van der Waals surface area contributed by atoms with E-state index in [1.807, 2.05) is 36.4 Å². The fraction of sp³-hybridized carbons (Fsp3) is 0.318. The molecule has 8 nitrogen and oxygen atoms in total. The summed E-state index contributed by atoms with van der Waals surface area (Å²) < 4.78 is 12.2. The van der Waals surface area contributed by atoms with Crippen molar-refractivity contribution in [2.45, 2.75) is 31.8 Å². The lowest BCUT2D eigenvalue weighted by atomic mass is 10.2. The number of anilines is 1. The van der Waals surface area contributed by atoms with Gasteiger partial charge in [-0.05, 0) is 37.1 Å². The van der Waals surface area contributed by atoms with Gasteiger partial charge >= 0.3 is 0 Å². The van der Waals surface area contributed by atoms with Crippen molar-refractivity contribution >= 4 is 32.6 Å². The van der Waals surface area contributed by atoms with Crippen LogP contribution in [-0.2, 0) is 16.0 Å². The lowest BCUT2D eigenvalue weighted by molar-refractivity contribution is -0.119. The van der Waals surface area contributed by atoms with Gasteiger partial charge in [-0.15, -0.1) is 0 Å². The Bertz CT molecular complexity index is 1140. The summed E-state index contributed by atoms with van der Waals surface area (Å²) in [6, 6.07) is 11.6. The first-order valence-corrected chi connectivity index (χ1v) is 11.1. The zero-order valence-electron chi connectivity index (χ0n) is 16.8. The summed E-state index contributed by atoms with van der Waals surface area (Å²) in [4.78, 5) is 28.1. The van der Waals surface area contributed by atoms with Crippen molar-refractivity contribution in [1.82, 2.24) is 20.1 Å². The lowest BCUT2D eigenvalue weighted by Gasteiger charge is -2.22. The first-order valence-electron chi connectivity index (χ1n) is 10.3. The van der Waals surface area contributed by atoms with E-state index in [2.05, 4.69) is 20.1 Å². The van der Waals surface area contributed by atoms with Crippen LogP contribution in [0.4, 0.5) is 5.13 Å². The van der Waals surface area contributed by atoms with Crippen LogP contribution in [0, 0.1) is 0 Å². The Morgan fingerprint density at radius 2 is 2.13 bits per heavy atom. The van der Waals surface area contributed by atoms with E-state index in [1.165, 1.54) is 11.3 Å². The molecule has 1 atom stereocenters. The number of rotatable bonds is 7. The number of aryl methyl sites for hydroxylation is 1. The number of thiazole rings is 1. The molecule has 1 fully saturated rings. The Labute approximate surface area is 182 Å². The van der Waals surface area contributed by atoms with E-state index in [4.69, 9.17) is 9.26 Å². The number of para-hydroxylation sites is 1. The van der Waals surface area contributed by atoms with Crippen molar-refractivity contribution in [3.8, 4) is 11.4 Å². The minimum atomic E-state index is -0.0318. The van der Waals surface area contributed by atoms with Crippen LogP contribution in [0.2, 0.25) is 0 Å². The molecule has 1 aromatic carbocycles. The minimum absolute atomic E-state index is 0.0318. The average molecular weight is 436 g/mol. The number of hydrogen-bond acceptors (Lipinski definition) is 8. The number of fused-ring (bicyclic) bond motifs is 1. The summed E-state index contributed by atoms with van der Waals surface area (Å²) in [5.41, 5.74) is 1.67. The predicted molar refractivity (Wildman–Crippen MR) is 117 cm³/mol. The highest BCUT2D eigenvalue weighted by Crippen LogP contribution is 2.30.